The van der Waals surface area contributed by atoms with Crippen molar-refractivity contribution >= 4 is 20.9 Å². The van der Waals surface area contributed by atoms with Gasteiger partial charge in [0.25, 0.3) is 5.56 Å². The number of fused-ring (bicyclic) bond motifs is 1. The predicted octanol–water partition coefficient (Wildman–Crippen LogP) is 1.93. The molecule has 0 saturated carbocycles. The van der Waals surface area contributed by atoms with Gasteiger partial charge in [-0.05, 0) is 41.8 Å². The first-order chi connectivity index (χ1) is 13.8. The summed E-state index contributed by atoms with van der Waals surface area (Å²) in [7, 11) is -4.01. The van der Waals surface area contributed by atoms with Crippen molar-refractivity contribution in [2.45, 2.75) is 19.2 Å². The zero-order chi connectivity index (χ0) is 22.4. The van der Waals surface area contributed by atoms with Crippen molar-refractivity contribution in [3.8, 4) is 11.1 Å². The molecule has 30 heavy (non-hydrogen) atoms. The first-order valence-electron chi connectivity index (χ1n) is 8.44. The number of rotatable bonds is 4. The van der Waals surface area contributed by atoms with Crippen LogP contribution >= 0.6 is 0 Å². The number of aromatic nitrogens is 2. The lowest BCUT2D eigenvalue weighted by Crippen LogP contribution is -2.43. The van der Waals surface area contributed by atoms with E-state index < -0.39 is 44.6 Å². The average Bonchev–Trinajstić information content (AvgIpc) is 2.63. The SMILES string of the molecule is CC(O)c1cccc(-c2cc3c(=O)n(NS(C)(=O)=O)c(=O)[nH]c3cc2C(F)(F)F)c1. The van der Waals surface area contributed by atoms with Crippen LogP contribution in [0.15, 0.2) is 46.0 Å². The summed E-state index contributed by atoms with van der Waals surface area (Å²) in [5.74, 6) is 0. The molecule has 8 nitrogen and oxygen atoms in total. The number of hydrogen-bond donors (Lipinski definition) is 3. The van der Waals surface area contributed by atoms with Gasteiger partial charge in [0.15, 0.2) is 0 Å². The maximum atomic E-state index is 13.7. The lowest BCUT2D eigenvalue weighted by atomic mass is 9.95. The topological polar surface area (TPSA) is 121 Å². The third kappa shape index (κ3) is 4.24. The lowest BCUT2D eigenvalue weighted by molar-refractivity contribution is -0.137. The summed E-state index contributed by atoms with van der Waals surface area (Å²) in [6, 6.07) is 7.26. The molecule has 0 aliphatic heterocycles. The van der Waals surface area contributed by atoms with Crippen LogP contribution in [0.5, 0.6) is 0 Å². The summed E-state index contributed by atoms with van der Waals surface area (Å²) in [6.07, 6.45) is -5.04. The Kier molecular flexibility index (Phi) is 5.24. The number of aliphatic hydroxyl groups is 1. The number of hydrogen-bond acceptors (Lipinski definition) is 5. The van der Waals surface area contributed by atoms with E-state index in [9.17, 15) is 36.3 Å². The van der Waals surface area contributed by atoms with E-state index in [0.29, 0.717) is 17.9 Å². The van der Waals surface area contributed by atoms with Gasteiger partial charge in [0.05, 0.1) is 28.8 Å². The van der Waals surface area contributed by atoms with Crippen molar-refractivity contribution < 1.29 is 26.7 Å². The van der Waals surface area contributed by atoms with Crippen molar-refractivity contribution in [1.29, 1.82) is 0 Å². The van der Waals surface area contributed by atoms with Gasteiger partial charge < -0.3 is 10.1 Å². The molecule has 0 aliphatic carbocycles. The van der Waals surface area contributed by atoms with Crippen LogP contribution in [0.2, 0.25) is 0 Å². The summed E-state index contributed by atoms with van der Waals surface area (Å²) in [4.78, 5) is 28.5. The minimum absolute atomic E-state index is 0.0795. The highest BCUT2D eigenvalue weighted by molar-refractivity contribution is 7.91. The molecule has 1 aromatic heterocycles. The van der Waals surface area contributed by atoms with Gasteiger partial charge in [-0.25, -0.2) is 18.0 Å². The first-order valence-corrected chi connectivity index (χ1v) is 10.3. The fourth-order valence-electron chi connectivity index (χ4n) is 2.95. The van der Waals surface area contributed by atoms with E-state index in [-0.39, 0.29) is 21.2 Å². The Balaban J connectivity index is 2.40. The number of aromatic amines is 1. The van der Waals surface area contributed by atoms with E-state index in [0.717, 1.165) is 6.07 Å². The molecule has 0 bridgehead atoms. The van der Waals surface area contributed by atoms with Gasteiger partial charge in [-0.1, -0.05) is 18.2 Å². The Labute approximate surface area is 167 Å². The molecule has 0 saturated heterocycles. The first kappa shape index (κ1) is 21.6. The quantitative estimate of drug-likeness (QED) is 0.569. The van der Waals surface area contributed by atoms with Crippen LogP contribution < -0.4 is 16.1 Å². The molecule has 0 fully saturated rings. The van der Waals surface area contributed by atoms with Crippen LogP contribution in [0.25, 0.3) is 22.0 Å². The van der Waals surface area contributed by atoms with Crippen LogP contribution in [0.1, 0.15) is 24.2 Å². The molecule has 3 rings (SSSR count). The van der Waals surface area contributed by atoms with Crippen LogP contribution in [0.3, 0.4) is 0 Å². The van der Waals surface area contributed by atoms with E-state index in [1.165, 1.54) is 31.2 Å². The lowest BCUT2D eigenvalue weighted by Gasteiger charge is -2.16. The highest BCUT2D eigenvalue weighted by atomic mass is 32.2. The Hall–Kier alpha value is -3.12. The number of nitrogens with zero attached hydrogens (tertiary/aromatic N) is 1. The summed E-state index contributed by atoms with van der Waals surface area (Å²) in [5, 5.41) is 9.40. The number of halogens is 3. The third-order valence-corrected chi connectivity index (χ3v) is 4.79. The highest BCUT2D eigenvalue weighted by Gasteiger charge is 2.34. The molecule has 160 valence electrons. The fourth-order valence-corrected chi connectivity index (χ4v) is 3.45. The van der Waals surface area contributed by atoms with Crippen molar-refractivity contribution in [3.63, 3.8) is 0 Å². The fraction of sp³-hybridized carbons (Fsp3) is 0.222. The van der Waals surface area contributed by atoms with E-state index in [4.69, 9.17) is 0 Å². The molecule has 3 N–H and O–H groups in total. The summed E-state index contributed by atoms with van der Waals surface area (Å²) >= 11 is 0. The van der Waals surface area contributed by atoms with Gasteiger partial charge >= 0.3 is 11.9 Å². The minimum Gasteiger partial charge on any atom is -0.389 e. The monoisotopic (exact) mass is 443 g/mol. The molecule has 0 amide bonds. The number of alkyl halides is 3. The Morgan fingerprint density at radius 2 is 1.83 bits per heavy atom. The normalized spacial score (nSPS) is 13.4. The van der Waals surface area contributed by atoms with E-state index >= 15 is 0 Å². The van der Waals surface area contributed by atoms with Crippen molar-refractivity contribution in [2.24, 2.45) is 0 Å². The Bertz CT molecular complexity index is 1360. The minimum atomic E-state index is -4.82. The number of H-pyrrole nitrogens is 1. The molecule has 0 spiro atoms. The van der Waals surface area contributed by atoms with Crippen LogP contribution in [0.4, 0.5) is 13.2 Å². The van der Waals surface area contributed by atoms with Gasteiger partial charge in [0.1, 0.15) is 0 Å². The Morgan fingerprint density at radius 3 is 2.40 bits per heavy atom. The predicted molar refractivity (Wildman–Crippen MR) is 104 cm³/mol. The van der Waals surface area contributed by atoms with E-state index in [1.807, 2.05) is 0 Å². The number of aliphatic hydroxyl groups excluding tert-OH is 1. The van der Waals surface area contributed by atoms with Crippen molar-refractivity contribution in [1.82, 2.24) is 9.66 Å². The molecule has 1 heterocycles. The average molecular weight is 443 g/mol. The molecule has 1 unspecified atom stereocenters. The second-order valence-electron chi connectivity index (χ2n) is 6.68. The van der Waals surface area contributed by atoms with E-state index in [1.54, 1.807) is 4.83 Å². The maximum Gasteiger partial charge on any atom is 0.417 e. The molecule has 0 aliphatic rings. The molecule has 1 atom stereocenters. The molecule has 12 heteroatoms. The van der Waals surface area contributed by atoms with Gasteiger partial charge in [-0.15, -0.1) is 0 Å². The highest BCUT2D eigenvalue weighted by Crippen LogP contribution is 2.39. The standard InChI is InChI=1S/C18H16F3N3O5S/c1-9(25)10-4-3-5-11(6-10)12-7-13-15(8-14(12)18(19,20)21)22-17(27)24(16(13)26)23-30(2,28)29/h3-9,23,25H,1-2H3,(H,22,27). The number of nitrogens with one attached hydrogen (secondary N) is 2. The number of benzene rings is 2. The summed E-state index contributed by atoms with van der Waals surface area (Å²) in [5.41, 5.74) is -3.82. The van der Waals surface area contributed by atoms with Gasteiger partial charge in [0, 0.05) is 0 Å². The zero-order valence-electron chi connectivity index (χ0n) is 15.6. The van der Waals surface area contributed by atoms with Gasteiger partial charge in [-0.2, -0.15) is 17.8 Å². The zero-order valence-corrected chi connectivity index (χ0v) is 16.4. The maximum absolute atomic E-state index is 13.7. The van der Waals surface area contributed by atoms with Gasteiger partial charge in [-0.3, -0.25) is 4.79 Å². The summed E-state index contributed by atoms with van der Waals surface area (Å²) < 4.78 is 64.1. The molecule has 2 aromatic carbocycles. The molecular formula is C18H16F3N3O5S. The van der Waals surface area contributed by atoms with Crippen molar-refractivity contribution in [2.75, 3.05) is 11.1 Å². The molecule has 3 aromatic rings. The van der Waals surface area contributed by atoms with Crippen LogP contribution in [-0.2, 0) is 16.2 Å². The second kappa shape index (κ2) is 7.29. The largest absolute Gasteiger partial charge is 0.417 e. The van der Waals surface area contributed by atoms with E-state index in [2.05, 4.69) is 4.98 Å². The summed E-state index contributed by atoms with van der Waals surface area (Å²) in [6.45, 7) is 1.45. The van der Waals surface area contributed by atoms with Crippen LogP contribution in [-0.4, -0.2) is 29.4 Å². The van der Waals surface area contributed by atoms with Crippen molar-refractivity contribution in [3.05, 3.63) is 68.4 Å². The van der Waals surface area contributed by atoms with Gasteiger partial charge in [0.2, 0.25) is 10.0 Å². The number of sulfonamides is 1. The smallest absolute Gasteiger partial charge is 0.389 e. The van der Waals surface area contributed by atoms with Crippen LogP contribution in [0, 0.1) is 0 Å². The molecule has 0 radical (unpaired) electrons. The second-order valence-corrected chi connectivity index (χ2v) is 8.40. The Morgan fingerprint density at radius 1 is 1.17 bits per heavy atom. The third-order valence-electron chi connectivity index (χ3n) is 4.28. The molecular weight excluding hydrogens is 427 g/mol.